The predicted octanol–water partition coefficient (Wildman–Crippen LogP) is 17.3. The van der Waals surface area contributed by atoms with E-state index in [1.54, 1.807) is 30.5 Å². The second-order valence-corrected chi connectivity index (χ2v) is 25.8. The van der Waals surface area contributed by atoms with Crippen LogP contribution in [0.1, 0.15) is 13.8 Å². The van der Waals surface area contributed by atoms with E-state index >= 15 is 0 Å². The molecule has 17 rings (SSSR count). The maximum Gasteiger partial charge on any atom is 0.181 e. The first-order valence-electron chi connectivity index (χ1n) is 32.0. The minimum Gasteiger partial charge on any atom is -0.454 e. The van der Waals surface area contributed by atoms with Crippen LogP contribution in [-0.4, -0.2) is 28.9 Å². The van der Waals surface area contributed by atoms with Gasteiger partial charge < -0.3 is 19.1 Å². The molecule has 6 nitrogen and oxygen atoms in total. The highest BCUT2D eigenvalue weighted by Gasteiger charge is 2.51. The Morgan fingerprint density at radius 3 is 1.70 bits per heavy atom. The zero-order valence-corrected chi connectivity index (χ0v) is 47.5. The van der Waals surface area contributed by atoms with Crippen molar-refractivity contribution in [3.8, 4) is 56.4 Å². The van der Waals surface area contributed by atoms with Crippen molar-refractivity contribution in [2.24, 2.45) is 0 Å². The van der Waals surface area contributed by atoms with Crippen LogP contribution in [0.3, 0.4) is 0 Å². The molecule has 0 fully saturated rings. The molecule has 0 saturated heterocycles. The number of benzene rings is 12. The number of hydrogen-bond donors (Lipinski definition) is 0. The molecule has 406 valence electrons. The van der Waals surface area contributed by atoms with Gasteiger partial charge in [0.2, 0.25) is 0 Å². The first kappa shape index (κ1) is 43.7. The highest BCUT2D eigenvalue weighted by Crippen LogP contribution is 2.52. The summed E-state index contributed by atoms with van der Waals surface area (Å²) in [6, 6.07) is 96.6. The third-order valence-electron chi connectivity index (χ3n) is 17.6. The fourth-order valence-corrected chi connectivity index (χ4v) is 19.6. The van der Waals surface area contributed by atoms with Crippen LogP contribution in [0.15, 0.2) is 303 Å². The lowest BCUT2D eigenvalue weighted by Gasteiger charge is -2.32. The Morgan fingerprint density at radius 2 is 1.01 bits per heavy atom. The summed E-state index contributed by atoms with van der Waals surface area (Å²) in [4.78, 5) is 9.67. The number of para-hydroxylation sites is 6. The Morgan fingerprint density at radius 1 is 0.442 bits per heavy atom. The van der Waals surface area contributed by atoms with E-state index in [1.807, 2.05) is 30.3 Å². The summed E-state index contributed by atoms with van der Waals surface area (Å²) in [5, 5.41) is 9.11. The largest absolute Gasteiger partial charge is 0.454 e. The van der Waals surface area contributed by atoms with Crippen LogP contribution in [0, 0.1) is 6.85 Å². The molecular formula is C79H55N5OSi. The lowest BCUT2D eigenvalue weighted by atomic mass is 9.95. The van der Waals surface area contributed by atoms with E-state index in [-0.39, 0.29) is 23.7 Å². The molecule has 2 aliphatic rings. The molecule has 2 aliphatic heterocycles. The smallest absolute Gasteiger partial charge is 0.181 e. The molecule has 12 aromatic carbocycles. The molecule has 0 unspecified atom stereocenters. The van der Waals surface area contributed by atoms with Gasteiger partial charge >= 0.3 is 0 Å². The molecule has 0 radical (unpaired) electrons. The molecule has 0 bridgehead atoms. The van der Waals surface area contributed by atoms with E-state index in [0.717, 1.165) is 99.9 Å². The summed E-state index contributed by atoms with van der Waals surface area (Å²) in [6.45, 7) is -2.01. The van der Waals surface area contributed by atoms with E-state index < -0.39 is 14.9 Å². The van der Waals surface area contributed by atoms with Crippen molar-refractivity contribution < 1.29 is 13.0 Å². The molecule has 0 N–H and O–H groups in total. The molecule has 15 aromatic rings. The summed E-state index contributed by atoms with van der Waals surface area (Å²) in [5.74, 6) is 1.70. The number of ether oxygens (including phenoxy) is 1. The zero-order chi connectivity index (χ0) is 62.0. The quantitative estimate of drug-likeness (QED) is 0.128. The molecular weight excluding hydrogens is 1060 g/mol. The second-order valence-electron chi connectivity index (χ2n) is 22.1. The number of anilines is 4. The summed E-state index contributed by atoms with van der Waals surface area (Å²) in [6.07, 6.45) is 1.60. The van der Waals surface area contributed by atoms with Crippen molar-refractivity contribution in [1.29, 1.82) is 0 Å². The molecule has 0 amide bonds. The topological polar surface area (TPSA) is 38.5 Å². The van der Waals surface area contributed by atoms with E-state index in [9.17, 15) is 0 Å². The van der Waals surface area contributed by atoms with Crippen LogP contribution < -0.4 is 35.3 Å². The first-order valence-corrected chi connectivity index (χ1v) is 31.0. The van der Waals surface area contributed by atoms with Gasteiger partial charge in [0.1, 0.15) is 18.2 Å². The van der Waals surface area contributed by atoms with Crippen LogP contribution in [-0.2, 0) is 0 Å². The summed E-state index contributed by atoms with van der Waals surface area (Å²) >= 11 is 0. The van der Waals surface area contributed by atoms with Gasteiger partial charge in [-0.3, -0.25) is 4.57 Å². The summed E-state index contributed by atoms with van der Waals surface area (Å²) in [7, 11) is -3.36. The SMILES string of the molecule is [2H]c1cc(-c2cccc(-c3ccccc3)c2N2CN(c3ccc(-n4c5ccccc5c5ccccc54)c(Oc4cc5c(c6c4-c4ccccc4[Si]6(c4ccccc4)c4ccccc4)c4ccccc4n5-c4cc(C([2H])([2H])[2H])ccn4)c3)c3ccccc32)cc([2H])c1[2H]. The molecule has 3 aromatic heterocycles. The predicted molar refractivity (Wildman–Crippen MR) is 360 cm³/mol. The molecule has 0 spiro atoms. The Hall–Kier alpha value is -11.0. The van der Waals surface area contributed by atoms with Crippen LogP contribution >= 0.6 is 0 Å². The zero-order valence-electron chi connectivity index (χ0n) is 52.5. The van der Waals surface area contributed by atoms with Gasteiger partial charge in [-0.25, -0.2) is 4.98 Å². The average Bonchev–Trinajstić information content (AvgIpc) is 1.50. The molecule has 0 aliphatic carbocycles. The van der Waals surface area contributed by atoms with Crippen LogP contribution in [0.2, 0.25) is 0 Å². The van der Waals surface area contributed by atoms with Crippen molar-refractivity contribution in [1.82, 2.24) is 14.1 Å². The van der Waals surface area contributed by atoms with Gasteiger partial charge in [0.25, 0.3) is 0 Å². The van der Waals surface area contributed by atoms with Crippen molar-refractivity contribution in [2.45, 2.75) is 6.85 Å². The molecule has 86 heavy (non-hydrogen) atoms. The number of pyridine rings is 1. The van der Waals surface area contributed by atoms with E-state index in [4.69, 9.17) is 17.9 Å². The van der Waals surface area contributed by atoms with Gasteiger partial charge in [-0.15, -0.1) is 0 Å². The van der Waals surface area contributed by atoms with Crippen LogP contribution in [0.4, 0.5) is 22.7 Å². The minimum absolute atomic E-state index is 0.00911. The van der Waals surface area contributed by atoms with Crippen molar-refractivity contribution in [3.05, 3.63) is 309 Å². The van der Waals surface area contributed by atoms with Crippen molar-refractivity contribution in [3.63, 3.8) is 0 Å². The lowest BCUT2D eigenvalue weighted by Crippen LogP contribution is -2.73. The maximum absolute atomic E-state index is 8.82. The summed E-state index contributed by atoms with van der Waals surface area (Å²) in [5.41, 5.74) is 14.1. The Kier molecular flexibility index (Phi) is 10.1. The number of rotatable bonds is 10. The van der Waals surface area contributed by atoms with Crippen molar-refractivity contribution >= 4 is 95.2 Å². The van der Waals surface area contributed by atoms with E-state index in [0.29, 0.717) is 29.5 Å². The number of nitrogens with zero attached hydrogens (tertiary/aromatic N) is 5. The highest BCUT2D eigenvalue weighted by molar-refractivity contribution is 7.23. The number of aryl methyl sites for hydroxylation is 1. The number of fused-ring (bicyclic) bond motifs is 11. The van der Waals surface area contributed by atoms with Crippen molar-refractivity contribution in [2.75, 3.05) is 16.5 Å². The lowest BCUT2D eigenvalue weighted by molar-refractivity contribution is 0.483. The highest BCUT2D eigenvalue weighted by atomic mass is 28.3. The normalized spacial score (nSPS) is 14.3. The Balaban J connectivity index is 0.954. The average molecular weight is 1120 g/mol. The van der Waals surface area contributed by atoms with Gasteiger partial charge in [-0.05, 0) is 104 Å². The van der Waals surface area contributed by atoms with Gasteiger partial charge in [0.15, 0.2) is 13.8 Å². The second kappa shape index (κ2) is 19.8. The summed E-state index contributed by atoms with van der Waals surface area (Å²) < 4.78 is 64.6. The third-order valence-corrected chi connectivity index (χ3v) is 22.5. The Labute approximate surface area is 508 Å². The third kappa shape index (κ3) is 7.48. The fourth-order valence-electron chi connectivity index (χ4n) is 14.2. The maximum atomic E-state index is 8.82. The molecule has 5 heterocycles. The standard InChI is InChI=1S/C79H55N5OSi/c1-53-47-48-80-75(49-53)84-67-41-20-16-35-63(67)76-71(84)51-73(77-64-36-17-23-44-74(64)86(79(76)77,57-29-10-4-11-30-57)58-31-12-5-13-32-58)85-72-50-56(45-46-70(72)83-65-39-18-14-33-61(65)62-34-15-19-40-66(62)83)81-52-82(69-43-22-21-42-68(69)81)78-59(54-25-6-2-7-26-54)37-24-38-60(78)55-27-8-3-9-28-55/h2-51H,52H2,1H3/i1D3,2D,6D,7D. The molecule has 0 atom stereocenters. The van der Waals surface area contributed by atoms with E-state index in [2.05, 4.69) is 243 Å². The molecule has 0 saturated carbocycles. The van der Waals surface area contributed by atoms with E-state index in [1.165, 1.54) is 20.7 Å². The number of aromatic nitrogens is 3. The molecule has 7 heteroatoms. The first-order chi connectivity index (χ1) is 45.0. The number of hydrogen-bond acceptors (Lipinski definition) is 4. The minimum atomic E-state index is -3.36. The van der Waals surface area contributed by atoms with Gasteiger partial charge in [0, 0.05) is 66.4 Å². The van der Waals surface area contributed by atoms with Gasteiger partial charge in [-0.1, -0.05) is 230 Å². The fraction of sp³-hybridized carbons (Fsp3) is 0.0253. The van der Waals surface area contributed by atoms with Gasteiger partial charge in [0.05, 0.1) is 48.9 Å². The van der Waals surface area contributed by atoms with Crippen LogP contribution in [0.25, 0.3) is 88.5 Å². The Bertz CT molecular complexity index is 5360. The van der Waals surface area contributed by atoms with Crippen LogP contribution in [0.5, 0.6) is 11.5 Å². The van der Waals surface area contributed by atoms with Gasteiger partial charge in [-0.2, -0.15) is 0 Å². The monoisotopic (exact) mass is 1120 g/mol.